The van der Waals surface area contributed by atoms with Gasteiger partial charge in [0.05, 0.1) is 6.61 Å². The van der Waals surface area contributed by atoms with Crippen LogP contribution in [-0.4, -0.2) is 38.1 Å². The van der Waals surface area contributed by atoms with E-state index in [1.165, 1.54) is 24.8 Å². The Kier molecular flexibility index (Phi) is 11.5. The Morgan fingerprint density at radius 1 is 0.857 bits per heavy atom. The van der Waals surface area contributed by atoms with E-state index in [1.807, 2.05) is 30.3 Å². The molecule has 0 aliphatic rings. The summed E-state index contributed by atoms with van der Waals surface area (Å²) in [5.41, 5.74) is 2.27. The third-order valence-electron chi connectivity index (χ3n) is 4.19. The zero-order valence-corrected chi connectivity index (χ0v) is 16.5. The molecule has 28 heavy (non-hydrogen) atoms. The van der Waals surface area contributed by atoms with Gasteiger partial charge in [0.2, 0.25) is 0 Å². The molecule has 0 aliphatic heterocycles. The van der Waals surface area contributed by atoms with Crippen LogP contribution in [-0.2, 0) is 11.3 Å². The average molecular weight is 382 g/mol. The topological polar surface area (TPSA) is 50.7 Å². The number of rotatable bonds is 13. The average Bonchev–Trinajstić information content (AvgIpc) is 2.74. The van der Waals surface area contributed by atoms with Gasteiger partial charge in [-0.05, 0) is 49.2 Å². The minimum atomic E-state index is 0.0179. The molecule has 0 aliphatic carbocycles. The van der Waals surface area contributed by atoms with Gasteiger partial charge in [-0.3, -0.25) is 0 Å². The fourth-order valence-electron chi connectivity index (χ4n) is 2.70. The molecule has 0 radical (unpaired) electrons. The first-order valence-electron chi connectivity index (χ1n) is 10.0. The van der Waals surface area contributed by atoms with Crippen molar-refractivity contribution >= 4 is 0 Å². The largest absolute Gasteiger partial charge is 0.491 e. The van der Waals surface area contributed by atoms with Crippen molar-refractivity contribution in [3.8, 4) is 17.6 Å². The number of aliphatic hydroxyl groups is 1. The molecule has 2 aromatic carbocycles. The number of benzene rings is 2. The molecule has 150 valence electrons. The molecule has 0 spiro atoms. The Morgan fingerprint density at radius 2 is 1.64 bits per heavy atom. The highest BCUT2D eigenvalue weighted by atomic mass is 16.5. The molecule has 4 nitrogen and oxygen atoms in total. The summed E-state index contributed by atoms with van der Waals surface area (Å²) in [7, 11) is 0. The number of hydrogen-bond acceptors (Lipinski definition) is 4. The van der Waals surface area contributed by atoms with Crippen LogP contribution in [0.25, 0.3) is 0 Å². The maximum Gasteiger partial charge on any atom is 0.119 e. The molecule has 0 fully saturated rings. The first kappa shape index (κ1) is 22.0. The van der Waals surface area contributed by atoms with Gasteiger partial charge < -0.3 is 19.9 Å². The third-order valence-corrected chi connectivity index (χ3v) is 4.19. The minimum absolute atomic E-state index is 0.0179. The van der Waals surface area contributed by atoms with Crippen LogP contribution in [0.5, 0.6) is 5.75 Å². The fourth-order valence-corrected chi connectivity index (χ4v) is 2.70. The normalized spacial score (nSPS) is 10.3. The summed E-state index contributed by atoms with van der Waals surface area (Å²) in [6, 6.07) is 18.0. The Labute approximate surface area is 168 Å². The van der Waals surface area contributed by atoms with Gasteiger partial charge in [-0.15, -0.1) is 0 Å². The Morgan fingerprint density at radius 3 is 2.43 bits per heavy atom. The van der Waals surface area contributed by atoms with Gasteiger partial charge >= 0.3 is 0 Å². The summed E-state index contributed by atoms with van der Waals surface area (Å²) >= 11 is 0. The molecule has 4 heteroatoms. The van der Waals surface area contributed by atoms with Crippen molar-refractivity contribution in [2.24, 2.45) is 0 Å². The van der Waals surface area contributed by atoms with Crippen molar-refractivity contribution in [3.63, 3.8) is 0 Å². The predicted octanol–water partition coefficient (Wildman–Crippen LogP) is 3.78. The molecule has 0 atom stereocenters. The van der Waals surface area contributed by atoms with Gasteiger partial charge in [0.1, 0.15) is 19.0 Å². The van der Waals surface area contributed by atoms with Gasteiger partial charge in [0.25, 0.3) is 0 Å². The van der Waals surface area contributed by atoms with Crippen LogP contribution >= 0.6 is 0 Å². The Hall–Kier alpha value is -2.32. The summed E-state index contributed by atoms with van der Waals surface area (Å²) in [6.07, 6.45) is 4.69. The number of aliphatic hydroxyl groups excluding tert-OH is 1. The van der Waals surface area contributed by atoms with E-state index in [2.05, 4.69) is 41.4 Å². The standard InChI is InChI=1S/C24H31NO3/c26-17-20-28-24-14-12-22(13-15-24)11-8-19-27-18-7-2-1-6-16-25-21-23-9-4-3-5-10-23/h3-5,9-10,12-15,25-26H,1-2,6-7,16-21H2. The molecule has 0 saturated carbocycles. The molecule has 0 heterocycles. The third kappa shape index (κ3) is 10.1. The molecular formula is C24H31NO3. The molecule has 0 amide bonds. The van der Waals surface area contributed by atoms with Gasteiger partial charge in [0.15, 0.2) is 0 Å². The number of ether oxygens (including phenoxy) is 2. The number of hydrogen-bond donors (Lipinski definition) is 2. The van der Waals surface area contributed by atoms with Gasteiger partial charge in [-0.2, -0.15) is 0 Å². The second kappa shape index (κ2) is 14.7. The monoisotopic (exact) mass is 381 g/mol. The lowest BCUT2D eigenvalue weighted by Crippen LogP contribution is -2.14. The van der Waals surface area contributed by atoms with Crippen LogP contribution in [0.15, 0.2) is 54.6 Å². The highest BCUT2D eigenvalue weighted by Crippen LogP contribution is 2.11. The van der Waals surface area contributed by atoms with Crippen molar-refractivity contribution in [2.45, 2.75) is 32.2 Å². The number of unbranched alkanes of at least 4 members (excludes halogenated alkanes) is 3. The van der Waals surface area contributed by atoms with Crippen molar-refractivity contribution < 1.29 is 14.6 Å². The van der Waals surface area contributed by atoms with Crippen molar-refractivity contribution in [2.75, 3.05) is 33.0 Å². The van der Waals surface area contributed by atoms with E-state index in [0.29, 0.717) is 13.2 Å². The number of nitrogens with one attached hydrogen (secondary N) is 1. The van der Waals surface area contributed by atoms with E-state index < -0.39 is 0 Å². The lowest BCUT2D eigenvalue weighted by molar-refractivity contribution is 0.162. The zero-order valence-electron chi connectivity index (χ0n) is 16.5. The first-order chi connectivity index (χ1) is 13.9. The summed E-state index contributed by atoms with van der Waals surface area (Å²) < 4.78 is 10.9. The summed E-state index contributed by atoms with van der Waals surface area (Å²) in [5, 5.41) is 12.2. The predicted molar refractivity (Wildman–Crippen MR) is 113 cm³/mol. The van der Waals surface area contributed by atoms with Crippen molar-refractivity contribution in [1.29, 1.82) is 0 Å². The van der Waals surface area contributed by atoms with Crippen LogP contribution in [0.3, 0.4) is 0 Å². The molecule has 0 saturated heterocycles. The van der Waals surface area contributed by atoms with Crippen LogP contribution in [0.4, 0.5) is 0 Å². The zero-order chi connectivity index (χ0) is 19.7. The lowest BCUT2D eigenvalue weighted by Gasteiger charge is -2.05. The van der Waals surface area contributed by atoms with Crippen molar-refractivity contribution in [1.82, 2.24) is 5.32 Å². The van der Waals surface area contributed by atoms with Gasteiger partial charge in [-0.1, -0.05) is 55.0 Å². The van der Waals surface area contributed by atoms with E-state index in [0.717, 1.165) is 37.4 Å². The van der Waals surface area contributed by atoms with Crippen LogP contribution in [0.2, 0.25) is 0 Å². The van der Waals surface area contributed by atoms with E-state index in [9.17, 15) is 0 Å². The highest BCUT2D eigenvalue weighted by molar-refractivity contribution is 5.38. The summed E-state index contributed by atoms with van der Waals surface area (Å²) in [4.78, 5) is 0. The van der Waals surface area contributed by atoms with Crippen LogP contribution < -0.4 is 10.1 Å². The van der Waals surface area contributed by atoms with E-state index >= 15 is 0 Å². The highest BCUT2D eigenvalue weighted by Gasteiger charge is 1.94. The second-order valence-electron chi connectivity index (χ2n) is 6.53. The molecule has 0 aromatic heterocycles. The quantitative estimate of drug-likeness (QED) is 0.410. The maximum atomic E-state index is 8.73. The second-order valence-corrected chi connectivity index (χ2v) is 6.53. The fraction of sp³-hybridized carbons (Fsp3) is 0.417. The summed E-state index contributed by atoms with van der Waals surface area (Å²) in [6.45, 7) is 3.56. The summed E-state index contributed by atoms with van der Waals surface area (Å²) in [5.74, 6) is 6.86. The molecule has 2 aromatic rings. The molecule has 0 bridgehead atoms. The Bertz CT molecular complexity index is 689. The SMILES string of the molecule is OCCOc1ccc(C#CCOCCCCCCNCc2ccccc2)cc1. The van der Waals surface area contributed by atoms with E-state index in [1.54, 1.807) is 0 Å². The minimum Gasteiger partial charge on any atom is -0.491 e. The van der Waals surface area contributed by atoms with Crippen molar-refractivity contribution in [3.05, 3.63) is 65.7 Å². The smallest absolute Gasteiger partial charge is 0.119 e. The van der Waals surface area contributed by atoms with E-state index in [4.69, 9.17) is 14.6 Å². The lowest BCUT2D eigenvalue weighted by atomic mass is 10.2. The van der Waals surface area contributed by atoms with E-state index in [-0.39, 0.29) is 6.61 Å². The first-order valence-corrected chi connectivity index (χ1v) is 10.0. The molecule has 0 unspecified atom stereocenters. The molecular weight excluding hydrogens is 350 g/mol. The molecule has 2 N–H and O–H groups in total. The molecule has 2 rings (SSSR count). The van der Waals surface area contributed by atoms with Gasteiger partial charge in [-0.25, -0.2) is 0 Å². The van der Waals surface area contributed by atoms with Crippen LogP contribution in [0, 0.1) is 11.8 Å². The Balaban J connectivity index is 1.42. The van der Waals surface area contributed by atoms with Gasteiger partial charge in [0, 0.05) is 18.7 Å². The van der Waals surface area contributed by atoms with Crippen LogP contribution in [0.1, 0.15) is 36.8 Å². The maximum absolute atomic E-state index is 8.73.